The van der Waals surface area contributed by atoms with Crippen molar-refractivity contribution in [3.05, 3.63) is 23.8 Å². The summed E-state index contributed by atoms with van der Waals surface area (Å²) in [7, 11) is -2.16. The van der Waals surface area contributed by atoms with Crippen LogP contribution in [0.2, 0.25) is 0 Å². The maximum absolute atomic E-state index is 12.7. The van der Waals surface area contributed by atoms with Crippen LogP contribution in [-0.2, 0) is 14.8 Å². The van der Waals surface area contributed by atoms with E-state index in [0.29, 0.717) is 12.4 Å². The summed E-state index contributed by atoms with van der Waals surface area (Å²) >= 11 is 0. The zero-order chi connectivity index (χ0) is 14.3. The number of hydrogen-bond acceptors (Lipinski definition) is 4. The maximum Gasteiger partial charge on any atom is 0.249 e. The van der Waals surface area contributed by atoms with E-state index in [1.165, 1.54) is 11.4 Å². The molecule has 1 aromatic rings. The topological polar surface area (TPSA) is 55.8 Å². The van der Waals surface area contributed by atoms with Gasteiger partial charge in [0.2, 0.25) is 10.0 Å². The molecule has 19 heavy (non-hydrogen) atoms. The van der Waals surface area contributed by atoms with Gasteiger partial charge < -0.3 is 9.47 Å². The van der Waals surface area contributed by atoms with Crippen molar-refractivity contribution >= 4 is 10.0 Å². The van der Waals surface area contributed by atoms with E-state index in [2.05, 4.69) is 0 Å². The predicted molar refractivity (Wildman–Crippen MR) is 71.7 cm³/mol. The van der Waals surface area contributed by atoms with Crippen LogP contribution in [0.1, 0.15) is 19.4 Å². The third-order valence-corrected chi connectivity index (χ3v) is 5.28. The number of ether oxygens (including phenoxy) is 2. The minimum atomic E-state index is -3.63. The molecule has 5 nitrogen and oxygen atoms in total. The number of benzene rings is 1. The highest BCUT2D eigenvalue weighted by Crippen LogP contribution is 2.33. The summed E-state index contributed by atoms with van der Waals surface area (Å²) in [6, 6.07) is 5.12. The lowest BCUT2D eigenvalue weighted by atomic mass is 10.1. The largest absolute Gasteiger partial charge is 0.495 e. The normalized spacial score (nSPS) is 19.6. The van der Waals surface area contributed by atoms with Crippen molar-refractivity contribution in [2.45, 2.75) is 31.2 Å². The molecule has 0 aromatic heterocycles. The highest BCUT2D eigenvalue weighted by atomic mass is 32.2. The number of hydrogen-bond donors (Lipinski definition) is 0. The molecular formula is C13H19NO4S. The molecule has 1 aromatic carbocycles. The molecule has 6 heteroatoms. The Balaban J connectivity index is 2.54. The first-order valence-electron chi connectivity index (χ1n) is 6.04. The number of sulfonamides is 1. The second kappa shape index (κ2) is 4.77. The Labute approximate surface area is 114 Å². The summed E-state index contributed by atoms with van der Waals surface area (Å²) in [5.74, 6) is 0.355. The molecule has 1 saturated heterocycles. The monoisotopic (exact) mass is 285 g/mol. The van der Waals surface area contributed by atoms with Crippen LogP contribution >= 0.6 is 0 Å². The van der Waals surface area contributed by atoms with E-state index in [1.54, 1.807) is 12.1 Å². The van der Waals surface area contributed by atoms with Crippen molar-refractivity contribution in [1.29, 1.82) is 0 Å². The van der Waals surface area contributed by atoms with Crippen molar-refractivity contribution in [3.8, 4) is 5.75 Å². The molecule has 1 aliphatic heterocycles. The summed E-state index contributed by atoms with van der Waals surface area (Å²) in [5.41, 5.74) is 0.324. The van der Waals surface area contributed by atoms with Crippen molar-refractivity contribution in [1.82, 2.24) is 4.31 Å². The minimum Gasteiger partial charge on any atom is -0.495 e. The Morgan fingerprint density at radius 2 is 2.05 bits per heavy atom. The fourth-order valence-electron chi connectivity index (χ4n) is 2.12. The van der Waals surface area contributed by atoms with E-state index in [1.807, 2.05) is 26.8 Å². The standard InChI is InChI=1S/C13H19NO4S/c1-10-5-6-11(17-4)12(7-10)19(15,16)14-9-18-8-13(14,2)3/h5-7H,8-9H2,1-4H3. The lowest BCUT2D eigenvalue weighted by Crippen LogP contribution is -2.44. The van der Waals surface area contributed by atoms with Gasteiger partial charge in [0.25, 0.3) is 0 Å². The fourth-order valence-corrected chi connectivity index (χ4v) is 4.02. The first-order valence-corrected chi connectivity index (χ1v) is 7.48. The van der Waals surface area contributed by atoms with E-state index in [9.17, 15) is 8.42 Å². The Bertz CT molecular complexity index is 580. The molecule has 0 atom stereocenters. The van der Waals surface area contributed by atoms with Gasteiger partial charge >= 0.3 is 0 Å². The molecule has 0 amide bonds. The van der Waals surface area contributed by atoms with Gasteiger partial charge in [-0.2, -0.15) is 4.31 Å². The van der Waals surface area contributed by atoms with E-state index in [-0.39, 0.29) is 11.6 Å². The first kappa shape index (κ1) is 14.3. The van der Waals surface area contributed by atoms with Gasteiger partial charge in [0.1, 0.15) is 17.4 Å². The van der Waals surface area contributed by atoms with Crippen molar-refractivity contribution in [2.24, 2.45) is 0 Å². The van der Waals surface area contributed by atoms with Crippen LogP contribution in [0.25, 0.3) is 0 Å². The Kier molecular flexibility index (Phi) is 3.59. The second-order valence-corrected chi connectivity index (χ2v) is 7.13. The summed E-state index contributed by atoms with van der Waals surface area (Å²) in [6.07, 6.45) is 0. The van der Waals surface area contributed by atoms with Gasteiger partial charge in [0.05, 0.1) is 19.3 Å². The molecule has 0 unspecified atom stereocenters. The molecule has 2 rings (SSSR count). The Hall–Kier alpha value is -1.11. The summed E-state index contributed by atoms with van der Waals surface area (Å²) in [6.45, 7) is 6.01. The second-order valence-electron chi connectivity index (χ2n) is 5.30. The molecule has 106 valence electrons. The maximum atomic E-state index is 12.7. The van der Waals surface area contributed by atoms with Crippen LogP contribution in [0.3, 0.4) is 0 Å². The molecule has 0 N–H and O–H groups in total. The average Bonchev–Trinajstić information content (AvgIpc) is 2.69. The summed E-state index contributed by atoms with van der Waals surface area (Å²) in [5, 5.41) is 0. The summed E-state index contributed by atoms with van der Waals surface area (Å²) < 4.78 is 37.3. The lowest BCUT2D eigenvalue weighted by Gasteiger charge is -2.28. The van der Waals surface area contributed by atoms with Crippen LogP contribution in [0.15, 0.2) is 23.1 Å². The molecule has 1 fully saturated rings. The molecule has 1 aliphatic rings. The minimum absolute atomic E-state index is 0.0758. The van der Waals surface area contributed by atoms with Gasteiger partial charge in [-0.05, 0) is 38.5 Å². The van der Waals surface area contributed by atoms with Crippen molar-refractivity contribution < 1.29 is 17.9 Å². The van der Waals surface area contributed by atoms with Gasteiger partial charge in [-0.15, -0.1) is 0 Å². The van der Waals surface area contributed by atoms with E-state index in [0.717, 1.165) is 5.56 Å². The lowest BCUT2D eigenvalue weighted by molar-refractivity contribution is 0.171. The van der Waals surface area contributed by atoms with E-state index < -0.39 is 15.6 Å². The third kappa shape index (κ3) is 2.48. The molecular weight excluding hydrogens is 266 g/mol. The van der Waals surface area contributed by atoms with E-state index >= 15 is 0 Å². The van der Waals surface area contributed by atoms with Crippen molar-refractivity contribution in [2.75, 3.05) is 20.4 Å². The zero-order valence-electron chi connectivity index (χ0n) is 11.6. The quantitative estimate of drug-likeness (QED) is 0.849. The SMILES string of the molecule is COc1ccc(C)cc1S(=O)(=O)N1COCC1(C)C. The van der Waals surface area contributed by atoms with Gasteiger partial charge in [0, 0.05) is 0 Å². The number of rotatable bonds is 3. The van der Waals surface area contributed by atoms with Gasteiger partial charge in [0.15, 0.2) is 0 Å². The van der Waals surface area contributed by atoms with Crippen LogP contribution < -0.4 is 4.74 Å². The number of nitrogens with zero attached hydrogens (tertiary/aromatic N) is 1. The Morgan fingerprint density at radius 3 is 2.58 bits per heavy atom. The van der Waals surface area contributed by atoms with Gasteiger partial charge in [-0.3, -0.25) is 0 Å². The molecule has 0 saturated carbocycles. The highest BCUT2D eigenvalue weighted by molar-refractivity contribution is 7.89. The Morgan fingerprint density at radius 1 is 1.37 bits per heavy atom. The molecule has 0 spiro atoms. The summed E-state index contributed by atoms with van der Waals surface area (Å²) in [4.78, 5) is 0.188. The number of aryl methyl sites for hydroxylation is 1. The highest BCUT2D eigenvalue weighted by Gasteiger charge is 2.43. The molecule has 0 bridgehead atoms. The van der Waals surface area contributed by atoms with Gasteiger partial charge in [-0.1, -0.05) is 6.07 Å². The predicted octanol–water partition coefficient (Wildman–Crippen LogP) is 1.76. The van der Waals surface area contributed by atoms with Crippen LogP contribution in [0.5, 0.6) is 5.75 Å². The van der Waals surface area contributed by atoms with Gasteiger partial charge in [-0.25, -0.2) is 8.42 Å². The molecule has 1 heterocycles. The smallest absolute Gasteiger partial charge is 0.249 e. The molecule has 0 aliphatic carbocycles. The van der Waals surface area contributed by atoms with Crippen LogP contribution in [-0.4, -0.2) is 38.7 Å². The average molecular weight is 285 g/mol. The van der Waals surface area contributed by atoms with Crippen LogP contribution in [0, 0.1) is 6.92 Å². The number of methoxy groups -OCH3 is 1. The molecule has 0 radical (unpaired) electrons. The first-order chi connectivity index (χ1) is 8.79. The van der Waals surface area contributed by atoms with Crippen LogP contribution in [0.4, 0.5) is 0 Å². The van der Waals surface area contributed by atoms with E-state index in [4.69, 9.17) is 9.47 Å². The zero-order valence-corrected chi connectivity index (χ0v) is 12.5. The third-order valence-electron chi connectivity index (χ3n) is 3.23. The van der Waals surface area contributed by atoms with Crippen molar-refractivity contribution in [3.63, 3.8) is 0 Å². The fraction of sp³-hybridized carbons (Fsp3) is 0.538.